The van der Waals surface area contributed by atoms with Crippen LogP contribution in [0.4, 0.5) is 14.5 Å². The van der Waals surface area contributed by atoms with Crippen molar-refractivity contribution in [2.45, 2.75) is 41.5 Å². The number of amides is 1. The van der Waals surface area contributed by atoms with Crippen molar-refractivity contribution in [3.8, 4) is 5.69 Å². The van der Waals surface area contributed by atoms with Crippen molar-refractivity contribution in [1.82, 2.24) is 9.55 Å². The van der Waals surface area contributed by atoms with Crippen LogP contribution in [0.5, 0.6) is 0 Å². The molecule has 1 amide bonds. The smallest absolute Gasteiger partial charge is 0.324 e. The quantitative estimate of drug-likeness (QED) is 0.508. The van der Waals surface area contributed by atoms with E-state index < -0.39 is 26.4 Å². The van der Waals surface area contributed by atoms with Crippen LogP contribution in [0.2, 0.25) is 0 Å². The van der Waals surface area contributed by atoms with Gasteiger partial charge in [-0.05, 0) is 49.9 Å². The second-order valence-electron chi connectivity index (χ2n) is 7.30. The van der Waals surface area contributed by atoms with Crippen LogP contribution in [0.3, 0.4) is 0 Å². The largest absolute Gasteiger partial charge is 0.341 e. The summed E-state index contributed by atoms with van der Waals surface area (Å²) in [5.41, 5.74) is 2.96. The molecule has 2 aromatic carbocycles. The summed E-state index contributed by atoms with van der Waals surface area (Å²) in [7, 11) is -4.84. The van der Waals surface area contributed by atoms with Gasteiger partial charge in [-0.15, -0.1) is 0 Å². The first-order valence-electron chi connectivity index (χ1n) is 10.1. The van der Waals surface area contributed by atoms with Gasteiger partial charge in [-0.2, -0.15) is 8.78 Å². The number of thioether (sulfide) groups is 1. The number of hydrogen-bond acceptors (Lipinski definition) is 5. The Kier molecular flexibility index (Phi) is 6.61. The van der Waals surface area contributed by atoms with Gasteiger partial charge in [0.05, 0.1) is 22.0 Å². The van der Waals surface area contributed by atoms with Crippen molar-refractivity contribution < 1.29 is 22.0 Å². The molecule has 0 spiro atoms. The number of aromatic nitrogens is 2. The third-order valence-electron chi connectivity index (χ3n) is 5.15. The maximum atomic E-state index is 13.0. The molecule has 10 heteroatoms. The minimum Gasteiger partial charge on any atom is -0.324 e. The van der Waals surface area contributed by atoms with Crippen molar-refractivity contribution >= 4 is 33.2 Å². The van der Waals surface area contributed by atoms with Crippen molar-refractivity contribution in [2.24, 2.45) is 0 Å². The zero-order valence-corrected chi connectivity index (χ0v) is 18.6. The molecule has 3 aromatic rings. The van der Waals surface area contributed by atoms with E-state index in [9.17, 15) is 22.0 Å². The first-order chi connectivity index (χ1) is 15.4. The molecule has 1 aromatic heterocycles. The molecule has 1 N–H and O–H groups in total. The molecule has 4 rings (SSSR count). The Morgan fingerprint density at radius 3 is 2.50 bits per heavy atom. The summed E-state index contributed by atoms with van der Waals surface area (Å²) in [6.07, 6.45) is 3.93. The number of para-hydroxylation sites is 2. The standard InChI is InChI=1S/C22H21F2N3O3S2/c23-21(24)32(29,30)19-13-7-5-11-17(19)25-20(28)14-31-22-26-16-10-4-6-12-18(16)27(22)15-8-2-1-3-9-15/h1-3,5,7-9,11,13,21H,4,6,10,12,14H2,(H,25,28). The molecule has 0 bridgehead atoms. The van der Waals surface area contributed by atoms with E-state index in [0.29, 0.717) is 5.16 Å². The van der Waals surface area contributed by atoms with E-state index in [1.807, 2.05) is 30.3 Å². The lowest BCUT2D eigenvalue weighted by Gasteiger charge is -2.15. The highest BCUT2D eigenvalue weighted by Gasteiger charge is 2.29. The second-order valence-corrected chi connectivity index (χ2v) is 10.1. The molecule has 168 valence electrons. The number of carbonyl (C=O) groups excluding carboxylic acids is 1. The van der Waals surface area contributed by atoms with Crippen LogP contribution in [-0.4, -0.2) is 35.4 Å². The number of benzene rings is 2. The summed E-state index contributed by atoms with van der Waals surface area (Å²) in [6, 6.07) is 14.9. The number of carbonyl (C=O) groups is 1. The zero-order valence-electron chi connectivity index (χ0n) is 17.0. The van der Waals surface area contributed by atoms with Crippen LogP contribution >= 0.6 is 11.8 Å². The van der Waals surface area contributed by atoms with E-state index in [4.69, 9.17) is 4.98 Å². The van der Waals surface area contributed by atoms with Gasteiger partial charge in [0.15, 0.2) is 5.16 Å². The van der Waals surface area contributed by atoms with Gasteiger partial charge >= 0.3 is 5.76 Å². The lowest BCUT2D eigenvalue weighted by Crippen LogP contribution is -2.19. The summed E-state index contributed by atoms with van der Waals surface area (Å²) in [5.74, 6) is -4.13. The van der Waals surface area contributed by atoms with Gasteiger partial charge in [-0.1, -0.05) is 42.1 Å². The lowest BCUT2D eigenvalue weighted by molar-refractivity contribution is -0.113. The van der Waals surface area contributed by atoms with Gasteiger partial charge < -0.3 is 5.32 Å². The molecule has 0 atom stereocenters. The number of rotatable bonds is 7. The number of imidazole rings is 1. The van der Waals surface area contributed by atoms with Crippen LogP contribution in [0.1, 0.15) is 24.2 Å². The molecule has 0 unspecified atom stereocenters. The molecular weight excluding hydrogens is 456 g/mol. The van der Waals surface area contributed by atoms with Gasteiger partial charge in [-0.3, -0.25) is 9.36 Å². The summed E-state index contributed by atoms with van der Waals surface area (Å²) >= 11 is 1.22. The minimum absolute atomic E-state index is 0.0498. The lowest BCUT2D eigenvalue weighted by atomic mass is 10.0. The van der Waals surface area contributed by atoms with E-state index in [-0.39, 0.29) is 11.4 Å². The van der Waals surface area contributed by atoms with E-state index in [1.54, 1.807) is 0 Å². The van der Waals surface area contributed by atoms with Gasteiger partial charge in [0.1, 0.15) is 0 Å². The summed E-state index contributed by atoms with van der Waals surface area (Å²) in [5, 5.41) is 3.13. The highest BCUT2D eigenvalue weighted by molar-refractivity contribution is 7.99. The number of anilines is 1. The number of hydrogen-bond donors (Lipinski definition) is 1. The molecule has 32 heavy (non-hydrogen) atoms. The predicted molar refractivity (Wildman–Crippen MR) is 119 cm³/mol. The Morgan fingerprint density at radius 1 is 1.06 bits per heavy atom. The van der Waals surface area contributed by atoms with Crippen molar-refractivity contribution in [3.63, 3.8) is 0 Å². The molecule has 1 heterocycles. The molecule has 0 aliphatic heterocycles. The van der Waals surface area contributed by atoms with E-state index >= 15 is 0 Å². The van der Waals surface area contributed by atoms with Gasteiger partial charge in [0, 0.05) is 11.4 Å². The summed E-state index contributed by atoms with van der Waals surface area (Å²) < 4.78 is 51.8. The van der Waals surface area contributed by atoms with Crippen LogP contribution in [-0.2, 0) is 27.5 Å². The van der Waals surface area contributed by atoms with Crippen LogP contribution in [0.25, 0.3) is 5.69 Å². The Balaban J connectivity index is 1.55. The Hall–Kier alpha value is -2.72. The molecule has 0 saturated carbocycles. The summed E-state index contributed by atoms with van der Waals surface area (Å²) in [6.45, 7) is 0. The maximum Gasteiger partial charge on any atom is 0.341 e. The Bertz CT molecular complexity index is 1230. The number of alkyl halides is 2. The Morgan fingerprint density at radius 2 is 1.75 bits per heavy atom. The highest BCUT2D eigenvalue weighted by atomic mass is 32.2. The maximum absolute atomic E-state index is 13.0. The fourth-order valence-corrected chi connectivity index (χ4v) is 5.42. The molecule has 0 radical (unpaired) electrons. The molecule has 1 aliphatic rings. The number of sulfone groups is 1. The third kappa shape index (κ3) is 4.56. The first-order valence-corrected chi connectivity index (χ1v) is 12.6. The Labute approximate surface area is 189 Å². The van der Waals surface area contributed by atoms with E-state index in [1.165, 1.54) is 30.0 Å². The molecule has 1 aliphatic carbocycles. The highest BCUT2D eigenvalue weighted by Crippen LogP contribution is 2.31. The average molecular weight is 478 g/mol. The molecule has 0 saturated heterocycles. The third-order valence-corrected chi connectivity index (χ3v) is 7.53. The number of nitrogens with one attached hydrogen (secondary N) is 1. The van der Waals surface area contributed by atoms with Crippen LogP contribution < -0.4 is 5.32 Å². The fraction of sp³-hybridized carbons (Fsp3) is 0.273. The van der Waals surface area contributed by atoms with E-state index in [0.717, 1.165) is 48.8 Å². The van der Waals surface area contributed by atoms with Gasteiger partial charge in [-0.25, -0.2) is 13.4 Å². The molecular formula is C22H21F2N3O3S2. The summed E-state index contributed by atoms with van der Waals surface area (Å²) in [4.78, 5) is 16.7. The normalized spacial score (nSPS) is 13.7. The number of fused-ring (bicyclic) bond motifs is 1. The topological polar surface area (TPSA) is 81.1 Å². The van der Waals surface area contributed by atoms with Crippen molar-refractivity contribution in [2.75, 3.05) is 11.1 Å². The van der Waals surface area contributed by atoms with Crippen LogP contribution in [0, 0.1) is 0 Å². The molecule has 6 nitrogen and oxygen atoms in total. The number of aryl methyl sites for hydroxylation is 1. The fourth-order valence-electron chi connectivity index (χ4n) is 3.69. The second kappa shape index (κ2) is 9.41. The van der Waals surface area contributed by atoms with Gasteiger partial charge in [0.2, 0.25) is 15.7 Å². The van der Waals surface area contributed by atoms with Crippen LogP contribution in [0.15, 0.2) is 64.6 Å². The number of nitrogens with zero attached hydrogens (tertiary/aromatic N) is 2. The minimum atomic E-state index is -4.84. The number of halogens is 2. The monoisotopic (exact) mass is 477 g/mol. The van der Waals surface area contributed by atoms with Gasteiger partial charge in [0.25, 0.3) is 0 Å². The zero-order chi connectivity index (χ0) is 22.7. The predicted octanol–water partition coefficient (Wildman–Crippen LogP) is 4.48. The van der Waals surface area contributed by atoms with Crippen molar-refractivity contribution in [1.29, 1.82) is 0 Å². The molecule has 0 fully saturated rings. The van der Waals surface area contributed by atoms with E-state index in [2.05, 4.69) is 9.88 Å². The average Bonchev–Trinajstić information content (AvgIpc) is 3.17. The van der Waals surface area contributed by atoms with Crippen molar-refractivity contribution in [3.05, 3.63) is 66.0 Å². The SMILES string of the molecule is O=C(CSc1nc2c(n1-c1ccccc1)CCCC2)Nc1ccccc1S(=O)(=O)C(F)F. The first kappa shape index (κ1) is 22.5.